The lowest BCUT2D eigenvalue weighted by atomic mass is 10.3. The number of carboxylic acid groups (broad SMARTS) is 1. The van der Waals surface area contributed by atoms with Crippen LogP contribution in [-0.4, -0.2) is 30.8 Å². The van der Waals surface area contributed by atoms with Crippen LogP contribution in [0.3, 0.4) is 0 Å². The topological polar surface area (TPSA) is 98.0 Å². The molecule has 0 aliphatic rings. The number of nitrogens with zero attached hydrogens (tertiary/aromatic N) is 4. The molecule has 11 heteroatoms. The van der Waals surface area contributed by atoms with Gasteiger partial charge in [0, 0.05) is 11.9 Å². The number of aliphatic carboxylic acids is 1. The number of thioether (sulfide) groups is 1. The van der Waals surface area contributed by atoms with Crippen LogP contribution in [0.2, 0.25) is 0 Å². The normalized spacial score (nSPS) is 11.5. The fourth-order valence-electron chi connectivity index (χ4n) is 1.83. The molecule has 0 fully saturated rings. The van der Waals surface area contributed by atoms with E-state index in [1.165, 1.54) is 6.07 Å². The Kier molecular flexibility index (Phi) is 5.77. The second kappa shape index (κ2) is 7.64. The fraction of sp³-hybridized carbons (Fsp3) is 0.357. The smallest absolute Gasteiger partial charge is 0.433 e. The van der Waals surface area contributed by atoms with E-state index in [0.29, 0.717) is 12.0 Å². The van der Waals surface area contributed by atoms with Gasteiger partial charge >= 0.3 is 12.1 Å². The molecule has 0 saturated carbocycles. The molecule has 0 atom stereocenters. The molecule has 2 aromatic rings. The molecule has 1 N–H and O–H groups in total. The maximum Gasteiger partial charge on any atom is 0.433 e. The summed E-state index contributed by atoms with van der Waals surface area (Å²) in [7, 11) is 0. The molecule has 7 nitrogen and oxygen atoms in total. The van der Waals surface area contributed by atoms with Gasteiger partial charge in [-0.3, -0.25) is 14.6 Å². The second-order valence-electron chi connectivity index (χ2n) is 4.89. The summed E-state index contributed by atoms with van der Waals surface area (Å²) in [5.74, 6) is -0.997. The highest BCUT2D eigenvalue weighted by Crippen LogP contribution is 2.28. The molecule has 0 aromatic carbocycles. The average Bonchev–Trinajstić information content (AvgIpc) is 2.54. The Bertz CT molecular complexity index is 822. The van der Waals surface area contributed by atoms with Crippen molar-refractivity contribution >= 4 is 17.7 Å². The van der Waals surface area contributed by atoms with E-state index in [9.17, 15) is 22.8 Å². The fourth-order valence-corrected chi connectivity index (χ4v) is 2.69. The van der Waals surface area contributed by atoms with E-state index in [4.69, 9.17) is 5.11 Å². The van der Waals surface area contributed by atoms with Crippen molar-refractivity contribution in [2.75, 3.05) is 0 Å². The summed E-state index contributed by atoms with van der Waals surface area (Å²) in [6, 6.07) is 2.11. The molecule has 134 valence electrons. The van der Waals surface area contributed by atoms with Gasteiger partial charge in [0.1, 0.15) is 17.9 Å². The predicted molar refractivity (Wildman–Crippen MR) is 82.1 cm³/mol. The van der Waals surface area contributed by atoms with Gasteiger partial charge in [-0.15, -0.1) is 0 Å². The molecular formula is C14H13F3N4O3S. The summed E-state index contributed by atoms with van der Waals surface area (Å²) in [6.45, 7) is 1.21. The van der Waals surface area contributed by atoms with Gasteiger partial charge in [-0.05, 0) is 18.1 Å². The molecule has 0 amide bonds. The molecule has 0 aliphatic heterocycles. The minimum atomic E-state index is -4.52. The first-order valence-electron chi connectivity index (χ1n) is 7.05. The Balaban J connectivity index is 2.20. The number of carboxylic acids is 1. The number of hydrogen-bond acceptors (Lipinski definition) is 6. The maximum absolute atomic E-state index is 12.5. The van der Waals surface area contributed by atoms with E-state index in [-0.39, 0.29) is 16.6 Å². The summed E-state index contributed by atoms with van der Waals surface area (Å²) in [6.07, 6.45) is -3.14. The number of rotatable bonds is 6. The van der Waals surface area contributed by atoms with Crippen molar-refractivity contribution in [3.8, 4) is 0 Å². The van der Waals surface area contributed by atoms with Crippen LogP contribution in [0.4, 0.5) is 13.2 Å². The van der Waals surface area contributed by atoms with Gasteiger partial charge in [0.2, 0.25) is 0 Å². The van der Waals surface area contributed by atoms with Crippen LogP contribution in [0.25, 0.3) is 0 Å². The third-order valence-corrected chi connectivity index (χ3v) is 4.05. The van der Waals surface area contributed by atoms with Crippen molar-refractivity contribution in [2.24, 2.45) is 0 Å². The van der Waals surface area contributed by atoms with Crippen LogP contribution in [0.15, 0.2) is 28.3 Å². The monoisotopic (exact) mass is 374 g/mol. The van der Waals surface area contributed by atoms with Crippen LogP contribution in [-0.2, 0) is 29.7 Å². The third kappa shape index (κ3) is 5.02. The Morgan fingerprint density at radius 2 is 2.08 bits per heavy atom. The maximum atomic E-state index is 12.5. The number of hydrogen-bond donors (Lipinski definition) is 1. The Morgan fingerprint density at radius 3 is 2.60 bits per heavy atom. The Hall–Kier alpha value is -2.43. The predicted octanol–water partition coefficient (Wildman–Crippen LogP) is 1.99. The number of pyridine rings is 1. The lowest BCUT2D eigenvalue weighted by molar-refractivity contribution is -0.141. The summed E-state index contributed by atoms with van der Waals surface area (Å²) >= 11 is 0.994. The first-order valence-corrected chi connectivity index (χ1v) is 8.04. The largest absolute Gasteiger partial charge is 0.480 e. The molecule has 2 aromatic heterocycles. The van der Waals surface area contributed by atoms with E-state index in [1.807, 2.05) is 0 Å². The van der Waals surface area contributed by atoms with Crippen LogP contribution < -0.4 is 5.56 Å². The van der Waals surface area contributed by atoms with Gasteiger partial charge in [-0.25, -0.2) is 4.68 Å². The Morgan fingerprint density at radius 1 is 1.36 bits per heavy atom. The van der Waals surface area contributed by atoms with Gasteiger partial charge in [0.25, 0.3) is 5.56 Å². The zero-order valence-electron chi connectivity index (χ0n) is 12.9. The highest BCUT2D eigenvalue weighted by Gasteiger charge is 2.32. The van der Waals surface area contributed by atoms with Crippen LogP contribution >= 0.6 is 11.8 Å². The van der Waals surface area contributed by atoms with Gasteiger partial charge in [0.15, 0.2) is 5.16 Å². The van der Waals surface area contributed by atoms with Crippen molar-refractivity contribution in [1.29, 1.82) is 0 Å². The summed E-state index contributed by atoms with van der Waals surface area (Å²) in [5.41, 5.74) is -0.955. The summed E-state index contributed by atoms with van der Waals surface area (Å²) < 4.78 is 38.5. The van der Waals surface area contributed by atoms with Crippen LogP contribution in [0, 0.1) is 0 Å². The second-order valence-corrected chi connectivity index (χ2v) is 5.83. The summed E-state index contributed by atoms with van der Waals surface area (Å²) in [5, 5.41) is 13.0. The van der Waals surface area contributed by atoms with E-state index in [0.717, 1.165) is 28.7 Å². The number of halogens is 3. The van der Waals surface area contributed by atoms with E-state index in [1.54, 1.807) is 6.92 Å². The highest BCUT2D eigenvalue weighted by atomic mass is 32.2. The zero-order chi connectivity index (χ0) is 18.6. The molecule has 2 heterocycles. The molecule has 0 saturated heterocycles. The number of aryl methyl sites for hydroxylation is 1. The standard InChI is InChI=1S/C14H13F3N4O3S/c1-2-9-12(24)19-13(21(20-9)6-11(22)23)25-7-8-3-4-10(18-5-8)14(15,16)17/h3-5H,2,6-7H2,1H3,(H,22,23). The molecule has 0 aliphatic carbocycles. The number of aromatic nitrogens is 4. The van der Waals surface area contributed by atoms with Gasteiger partial charge < -0.3 is 5.11 Å². The number of carbonyl (C=O) groups is 1. The highest BCUT2D eigenvalue weighted by molar-refractivity contribution is 7.98. The lowest BCUT2D eigenvalue weighted by Crippen LogP contribution is -2.25. The van der Waals surface area contributed by atoms with Crippen molar-refractivity contribution in [3.63, 3.8) is 0 Å². The molecule has 0 spiro atoms. The van der Waals surface area contributed by atoms with Gasteiger partial charge in [0.05, 0.1) is 0 Å². The van der Waals surface area contributed by atoms with Gasteiger partial charge in [-0.1, -0.05) is 24.8 Å². The van der Waals surface area contributed by atoms with Crippen molar-refractivity contribution in [1.82, 2.24) is 19.7 Å². The lowest BCUT2D eigenvalue weighted by Gasteiger charge is -2.10. The van der Waals surface area contributed by atoms with E-state index in [2.05, 4.69) is 15.1 Å². The van der Waals surface area contributed by atoms with Crippen molar-refractivity contribution < 1.29 is 23.1 Å². The number of alkyl halides is 3. The molecule has 0 bridgehead atoms. The zero-order valence-corrected chi connectivity index (χ0v) is 13.8. The van der Waals surface area contributed by atoms with E-state index >= 15 is 0 Å². The third-order valence-electron chi connectivity index (χ3n) is 3.01. The van der Waals surface area contributed by atoms with Crippen molar-refractivity contribution in [2.45, 2.75) is 37.0 Å². The molecule has 0 radical (unpaired) electrons. The molecule has 2 rings (SSSR count). The Labute approximate surface area is 143 Å². The quantitative estimate of drug-likeness (QED) is 0.772. The van der Waals surface area contributed by atoms with Gasteiger partial charge in [-0.2, -0.15) is 23.3 Å². The first-order chi connectivity index (χ1) is 11.7. The SMILES string of the molecule is CCc1nn(CC(=O)O)c(SCc2ccc(C(F)(F)F)nc2)nc1=O. The van der Waals surface area contributed by atoms with Crippen LogP contribution in [0.5, 0.6) is 0 Å². The minimum absolute atomic E-state index is 0.0736. The van der Waals surface area contributed by atoms with Crippen molar-refractivity contribution in [3.05, 3.63) is 45.6 Å². The molecular weight excluding hydrogens is 361 g/mol. The first kappa shape index (κ1) is 18.9. The minimum Gasteiger partial charge on any atom is -0.480 e. The average molecular weight is 374 g/mol. The van der Waals surface area contributed by atoms with Crippen LogP contribution in [0.1, 0.15) is 23.9 Å². The molecule has 25 heavy (non-hydrogen) atoms. The molecule has 0 unspecified atom stereocenters. The summed E-state index contributed by atoms with van der Waals surface area (Å²) in [4.78, 5) is 29.9. The van der Waals surface area contributed by atoms with E-state index < -0.39 is 29.9 Å².